The van der Waals surface area contributed by atoms with Crippen molar-refractivity contribution in [2.75, 3.05) is 20.7 Å². The van der Waals surface area contributed by atoms with Gasteiger partial charge in [-0.15, -0.1) is 0 Å². The Morgan fingerprint density at radius 3 is 2.50 bits per heavy atom. The minimum atomic E-state index is -1.30. The number of nitrogens with zero attached hydrogens (tertiary/aromatic N) is 1. The molecule has 0 radical (unpaired) electrons. The first kappa shape index (κ1) is 28.2. The lowest BCUT2D eigenvalue weighted by Crippen LogP contribution is -2.74. The molecular formula is C29H37NO10. The average molecular weight is 560 g/mol. The Kier molecular flexibility index (Phi) is 6.81. The monoisotopic (exact) mass is 559 g/mol. The third-order valence-corrected chi connectivity index (χ3v) is 8.40. The molecule has 1 aromatic rings. The third kappa shape index (κ3) is 4.30. The molecule has 1 fully saturated rings. The smallest absolute Gasteiger partial charge is 0.493 e. The number of ether oxygens (including phenoxy) is 6. The molecule has 1 spiro atoms. The first-order valence-electron chi connectivity index (χ1n) is 13.5. The van der Waals surface area contributed by atoms with Gasteiger partial charge in [-0.1, -0.05) is 6.07 Å². The van der Waals surface area contributed by atoms with Crippen molar-refractivity contribution in [3.63, 3.8) is 0 Å². The summed E-state index contributed by atoms with van der Waals surface area (Å²) in [5.41, 5.74) is -0.776. The van der Waals surface area contributed by atoms with Crippen LogP contribution in [0.15, 0.2) is 24.0 Å². The van der Waals surface area contributed by atoms with E-state index in [0.29, 0.717) is 24.3 Å². The predicted molar refractivity (Wildman–Crippen MR) is 140 cm³/mol. The highest BCUT2D eigenvalue weighted by Crippen LogP contribution is 2.65. The number of carbonyl (C=O) groups is 3. The van der Waals surface area contributed by atoms with Crippen LogP contribution in [0.2, 0.25) is 0 Å². The van der Waals surface area contributed by atoms with Gasteiger partial charge >= 0.3 is 18.1 Å². The van der Waals surface area contributed by atoms with Crippen molar-refractivity contribution in [3.05, 3.63) is 35.1 Å². The predicted octanol–water partition coefficient (Wildman–Crippen LogP) is 2.79. The van der Waals surface area contributed by atoms with Gasteiger partial charge in [0.1, 0.15) is 11.4 Å². The van der Waals surface area contributed by atoms with E-state index in [-0.39, 0.29) is 18.2 Å². The Balaban J connectivity index is 1.35. The standard InChI is InChI=1S/C29H37NO10/c1-15(36-24(31)16(2)37-26(33)40-27(3,4)5)25(32)38-19-10-11-29(34)20-14-17-8-9-18(35-7)22-21(17)28(29,23(19)39-22)12-13-30(20)6/h8-10,15-16,20,23,34H,11-14H2,1-7H3. The highest BCUT2D eigenvalue weighted by molar-refractivity contribution is 5.82. The fourth-order valence-electron chi connectivity index (χ4n) is 6.57. The molecular weight excluding hydrogens is 522 g/mol. The lowest BCUT2D eigenvalue weighted by Gasteiger charge is -2.61. The number of hydrogen-bond acceptors (Lipinski definition) is 11. The number of likely N-dealkylation sites (tertiary alicyclic amines) is 1. The zero-order valence-corrected chi connectivity index (χ0v) is 23.9. The Morgan fingerprint density at radius 1 is 1.12 bits per heavy atom. The molecule has 2 heterocycles. The lowest BCUT2D eigenvalue weighted by molar-refractivity contribution is -0.178. The number of carbonyl (C=O) groups excluding carboxylic acids is 3. The van der Waals surface area contributed by atoms with Crippen LogP contribution >= 0.6 is 0 Å². The van der Waals surface area contributed by atoms with Crippen LogP contribution in [0, 0.1) is 0 Å². The van der Waals surface area contributed by atoms with Gasteiger partial charge < -0.3 is 38.4 Å². The number of aliphatic hydroxyl groups is 1. The maximum absolute atomic E-state index is 13.1. The summed E-state index contributed by atoms with van der Waals surface area (Å²) in [6, 6.07) is 3.74. The van der Waals surface area contributed by atoms with Crippen molar-refractivity contribution < 1.29 is 47.9 Å². The highest BCUT2D eigenvalue weighted by atomic mass is 16.7. The van der Waals surface area contributed by atoms with Crippen LogP contribution in [0.3, 0.4) is 0 Å². The maximum atomic E-state index is 13.1. The Bertz CT molecular complexity index is 1270. The molecule has 2 aliphatic heterocycles. The number of rotatable bonds is 6. The molecule has 6 unspecified atom stereocenters. The zero-order chi connectivity index (χ0) is 29.2. The second-order valence-corrected chi connectivity index (χ2v) is 12.0. The molecule has 5 rings (SSSR count). The fourth-order valence-corrected chi connectivity index (χ4v) is 6.57. The van der Waals surface area contributed by atoms with Gasteiger partial charge in [0, 0.05) is 18.0 Å². The molecule has 0 amide bonds. The van der Waals surface area contributed by atoms with Gasteiger partial charge in [-0.25, -0.2) is 14.4 Å². The average Bonchev–Trinajstić information content (AvgIpc) is 3.22. The quantitative estimate of drug-likeness (QED) is 0.408. The molecule has 2 aliphatic carbocycles. The van der Waals surface area contributed by atoms with Gasteiger partial charge in [-0.05, 0) is 78.8 Å². The van der Waals surface area contributed by atoms with E-state index in [2.05, 4.69) is 4.90 Å². The first-order chi connectivity index (χ1) is 18.7. The maximum Gasteiger partial charge on any atom is 0.509 e. The molecule has 4 aliphatic rings. The van der Waals surface area contributed by atoms with Gasteiger partial charge in [0.05, 0.1) is 18.1 Å². The second kappa shape index (κ2) is 9.66. The van der Waals surface area contributed by atoms with Crippen LogP contribution < -0.4 is 9.47 Å². The van der Waals surface area contributed by atoms with Crippen LogP contribution in [0.4, 0.5) is 4.79 Å². The normalized spacial score (nSPS) is 29.6. The lowest BCUT2D eigenvalue weighted by atomic mass is 9.50. The number of hydrogen-bond donors (Lipinski definition) is 1. The number of methoxy groups -OCH3 is 1. The zero-order valence-electron chi connectivity index (χ0n) is 23.9. The van der Waals surface area contributed by atoms with Crippen molar-refractivity contribution in [3.8, 4) is 11.5 Å². The van der Waals surface area contributed by atoms with Crippen LogP contribution in [-0.2, 0) is 40.4 Å². The molecule has 0 aromatic heterocycles. The topological polar surface area (TPSA) is 130 Å². The molecule has 2 bridgehead atoms. The van der Waals surface area contributed by atoms with Crippen LogP contribution in [0.5, 0.6) is 11.5 Å². The van der Waals surface area contributed by atoms with Crippen LogP contribution in [0.25, 0.3) is 0 Å². The van der Waals surface area contributed by atoms with Gasteiger partial charge in [0.25, 0.3) is 0 Å². The van der Waals surface area contributed by atoms with Gasteiger partial charge in [0.2, 0.25) is 0 Å². The summed E-state index contributed by atoms with van der Waals surface area (Å²) in [7, 11) is 3.58. The summed E-state index contributed by atoms with van der Waals surface area (Å²) in [6.07, 6.45) is -1.19. The largest absolute Gasteiger partial charge is 0.509 e. The van der Waals surface area contributed by atoms with Gasteiger partial charge in [0.15, 0.2) is 29.8 Å². The SMILES string of the molecule is COc1ccc2c3c1OC1C(OC(=O)C(C)OC(=O)C(C)OC(=O)OC(C)(C)C)=CCC4(O)C(C2)N(C)CCC314. The Labute approximate surface area is 233 Å². The molecule has 1 saturated heterocycles. The van der Waals surface area contributed by atoms with E-state index in [9.17, 15) is 19.5 Å². The summed E-state index contributed by atoms with van der Waals surface area (Å²) in [4.78, 5) is 39.7. The van der Waals surface area contributed by atoms with Crippen molar-refractivity contribution >= 4 is 18.1 Å². The number of esters is 2. The number of benzene rings is 1. The van der Waals surface area contributed by atoms with Crippen molar-refractivity contribution in [1.82, 2.24) is 4.90 Å². The van der Waals surface area contributed by atoms with E-state index >= 15 is 0 Å². The molecule has 11 heteroatoms. The molecule has 11 nitrogen and oxygen atoms in total. The molecule has 218 valence electrons. The van der Waals surface area contributed by atoms with Gasteiger partial charge in [-0.3, -0.25) is 0 Å². The van der Waals surface area contributed by atoms with E-state index in [1.807, 2.05) is 19.2 Å². The molecule has 0 saturated carbocycles. The van der Waals surface area contributed by atoms with Crippen LogP contribution in [0.1, 0.15) is 58.6 Å². The summed E-state index contributed by atoms with van der Waals surface area (Å²) in [5, 5.41) is 12.3. The molecule has 1 N–H and O–H groups in total. The summed E-state index contributed by atoms with van der Waals surface area (Å²) in [6.45, 7) is 8.42. The van der Waals surface area contributed by atoms with E-state index in [1.165, 1.54) is 13.8 Å². The van der Waals surface area contributed by atoms with Crippen LogP contribution in [-0.4, -0.2) is 84.4 Å². The fraction of sp³-hybridized carbons (Fsp3) is 0.621. The number of piperidine rings is 1. The minimum Gasteiger partial charge on any atom is -0.493 e. The van der Waals surface area contributed by atoms with E-state index in [4.69, 9.17) is 28.4 Å². The Hall–Kier alpha value is -3.31. The summed E-state index contributed by atoms with van der Waals surface area (Å²) < 4.78 is 33.1. The highest BCUT2D eigenvalue weighted by Gasteiger charge is 2.72. The first-order valence-corrected chi connectivity index (χ1v) is 13.5. The third-order valence-electron chi connectivity index (χ3n) is 8.40. The van der Waals surface area contributed by atoms with Crippen molar-refractivity contribution in [2.24, 2.45) is 0 Å². The van der Waals surface area contributed by atoms with Crippen molar-refractivity contribution in [1.29, 1.82) is 0 Å². The minimum absolute atomic E-state index is 0.140. The summed E-state index contributed by atoms with van der Waals surface area (Å²) >= 11 is 0. The Morgan fingerprint density at radius 2 is 1.82 bits per heavy atom. The molecule has 1 aromatic carbocycles. The van der Waals surface area contributed by atoms with E-state index in [1.54, 1.807) is 34.0 Å². The van der Waals surface area contributed by atoms with E-state index in [0.717, 1.165) is 17.7 Å². The summed E-state index contributed by atoms with van der Waals surface area (Å²) in [5.74, 6) is -0.384. The second-order valence-electron chi connectivity index (χ2n) is 12.0. The van der Waals surface area contributed by atoms with E-state index < -0.39 is 53.0 Å². The molecule has 6 atom stereocenters. The van der Waals surface area contributed by atoms with Crippen molar-refractivity contribution in [2.45, 2.75) is 94.9 Å². The molecule has 40 heavy (non-hydrogen) atoms. The number of likely N-dealkylation sites (N-methyl/N-ethyl adjacent to an activating group) is 1. The van der Waals surface area contributed by atoms with Gasteiger partial charge in [-0.2, -0.15) is 0 Å².